The van der Waals surface area contributed by atoms with E-state index in [-0.39, 0.29) is 17.5 Å². The average Bonchev–Trinajstić information content (AvgIpc) is 2.82. The van der Waals surface area contributed by atoms with Crippen molar-refractivity contribution in [2.24, 2.45) is 5.92 Å². The Bertz CT molecular complexity index is 1190. The number of nitrogens with zero attached hydrogens (tertiary/aromatic N) is 3. The Balaban J connectivity index is 2.01. The van der Waals surface area contributed by atoms with Crippen molar-refractivity contribution < 1.29 is 14.3 Å². The van der Waals surface area contributed by atoms with E-state index < -0.39 is 6.04 Å². The number of rotatable bonds is 8. The lowest BCUT2D eigenvalue weighted by atomic mass is 10.1. The summed E-state index contributed by atoms with van der Waals surface area (Å²) in [6, 6.07) is 11.8. The maximum absolute atomic E-state index is 13.4. The normalized spacial score (nSPS) is 12.0. The van der Waals surface area contributed by atoms with Crippen molar-refractivity contribution in [2.45, 2.75) is 40.3 Å². The van der Waals surface area contributed by atoms with E-state index in [1.807, 2.05) is 45.9 Å². The third-order valence-corrected chi connectivity index (χ3v) is 5.52. The van der Waals surface area contributed by atoms with Crippen molar-refractivity contribution in [3.05, 3.63) is 58.6 Å². The van der Waals surface area contributed by atoms with Crippen LogP contribution in [0.5, 0.6) is 11.5 Å². The van der Waals surface area contributed by atoms with Crippen LogP contribution < -0.4 is 20.3 Å². The number of methoxy groups -OCH3 is 2. The van der Waals surface area contributed by atoms with E-state index in [4.69, 9.17) is 14.5 Å². The van der Waals surface area contributed by atoms with Crippen molar-refractivity contribution in [1.82, 2.24) is 14.5 Å². The molecule has 0 spiro atoms. The number of amides is 2. The Kier molecular flexibility index (Phi) is 7.58. The van der Waals surface area contributed by atoms with E-state index in [2.05, 4.69) is 5.32 Å². The summed E-state index contributed by atoms with van der Waals surface area (Å²) in [5, 5.41) is 3.52. The second kappa shape index (κ2) is 10.4. The Labute approximate surface area is 194 Å². The third kappa shape index (κ3) is 5.10. The smallest absolute Gasteiger partial charge is 0.322 e. The molecule has 8 nitrogen and oxygen atoms in total. The van der Waals surface area contributed by atoms with Crippen molar-refractivity contribution >= 4 is 22.6 Å². The molecule has 0 saturated carbocycles. The van der Waals surface area contributed by atoms with Gasteiger partial charge in [-0.2, -0.15) is 0 Å². The molecule has 3 aromatic rings. The molecule has 2 aromatic carbocycles. The molecule has 176 valence electrons. The minimum absolute atomic E-state index is 0.105. The lowest BCUT2D eigenvalue weighted by Gasteiger charge is -2.32. The number of hydrogen-bond acceptors (Lipinski definition) is 5. The van der Waals surface area contributed by atoms with Gasteiger partial charge in [0.25, 0.3) is 5.56 Å². The van der Waals surface area contributed by atoms with E-state index >= 15 is 0 Å². The van der Waals surface area contributed by atoms with Crippen molar-refractivity contribution in [1.29, 1.82) is 0 Å². The van der Waals surface area contributed by atoms with Gasteiger partial charge in [0.15, 0.2) is 0 Å². The molecule has 0 aliphatic rings. The SMILES string of the molecule is CCn1c(C(C)N(CC(C)C)C(=O)Nc2ccc(OC)cc2OC)nc2ccccc2c1=O. The maximum atomic E-state index is 13.4. The first kappa shape index (κ1) is 24.1. The number of carbonyl (C=O) groups excluding carboxylic acids is 1. The van der Waals surface area contributed by atoms with E-state index in [0.29, 0.717) is 47.0 Å². The zero-order chi connectivity index (χ0) is 24.1. The van der Waals surface area contributed by atoms with Gasteiger partial charge in [-0.1, -0.05) is 26.0 Å². The molecule has 3 rings (SSSR count). The summed E-state index contributed by atoms with van der Waals surface area (Å²) in [7, 11) is 3.11. The number of ether oxygens (including phenoxy) is 2. The van der Waals surface area contributed by atoms with Crippen LogP contribution in [0.15, 0.2) is 47.3 Å². The van der Waals surface area contributed by atoms with Crippen LogP contribution in [0.25, 0.3) is 10.9 Å². The quantitative estimate of drug-likeness (QED) is 0.536. The molecule has 0 radical (unpaired) electrons. The molecule has 1 atom stereocenters. The molecule has 0 bridgehead atoms. The lowest BCUT2D eigenvalue weighted by molar-refractivity contribution is 0.178. The van der Waals surface area contributed by atoms with Crippen LogP contribution in [0.4, 0.5) is 10.5 Å². The molecule has 0 aliphatic carbocycles. The number of fused-ring (bicyclic) bond motifs is 1. The monoisotopic (exact) mass is 452 g/mol. The maximum Gasteiger partial charge on any atom is 0.322 e. The summed E-state index contributed by atoms with van der Waals surface area (Å²) in [4.78, 5) is 33.0. The second-order valence-electron chi connectivity index (χ2n) is 8.26. The van der Waals surface area contributed by atoms with E-state index in [1.165, 1.54) is 7.11 Å². The van der Waals surface area contributed by atoms with Crippen molar-refractivity contribution in [3.63, 3.8) is 0 Å². The molecule has 8 heteroatoms. The molecule has 1 aromatic heterocycles. The first-order chi connectivity index (χ1) is 15.8. The van der Waals surface area contributed by atoms with Gasteiger partial charge in [-0.25, -0.2) is 9.78 Å². The van der Waals surface area contributed by atoms with Gasteiger partial charge in [0.05, 0.1) is 36.9 Å². The van der Waals surface area contributed by atoms with Gasteiger partial charge < -0.3 is 19.7 Å². The molecule has 0 fully saturated rings. The number of anilines is 1. The number of aromatic nitrogens is 2. The molecule has 1 heterocycles. The predicted octanol–water partition coefficient (Wildman–Crippen LogP) is 4.68. The number of para-hydroxylation sites is 1. The van der Waals surface area contributed by atoms with Crippen LogP contribution in [-0.4, -0.2) is 41.2 Å². The molecule has 1 unspecified atom stereocenters. The Morgan fingerprint density at radius 3 is 2.48 bits per heavy atom. The van der Waals surface area contributed by atoms with Gasteiger partial charge in [-0.05, 0) is 44.0 Å². The minimum atomic E-state index is -0.436. The molecule has 0 saturated heterocycles. The fourth-order valence-corrected chi connectivity index (χ4v) is 3.85. The molecule has 2 amide bonds. The minimum Gasteiger partial charge on any atom is -0.497 e. The summed E-state index contributed by atoms with van der Waals surface area (Å²) < 4.78 is 12.3. The van der Waals surface area contributed by atoms with Crippen LogP contribution in [0.3, 0.4) is 0 Å². The summed E-state index contributed by atoms with van der Waals surface area (Å²) in [6.45, 7) is 8.83. The van der Waals surface area contributed by atoms with Gasteiger partial charge in [-0.15, -0.1) is 0 Å². The van der Waals surface area contributed by atoms with Crippen molar-refractivity contribution in [2.75, 3.05) is 26.1 Å². The molecule has 1 N–H and O–H groups in total. The molecule has 33 heavy (non-hydrogen) atoms. The highest BCUT2D eigenvalue weighted by molar-refractivity contribution is 5.91. The van der Waals surface area contributed by atoms with Crippen LogP contribution in [0, 0.1) is 5.92 Å². The van der Waals surface area contributed by atoms with Crippen molar-refractivity contribution in [3.8, 4) is 11.5 Å². The number of carbonyl (C=O) groups is 1. The van der Waals surface area contributed by atoms with Gasteiger partial charge in [-0.3, -0.25) is 9.36 Å². The van der Waals surface area contributed by atoms with Crippen LogP contribution in [0.1, 0.15) is 39.6 Å². The van der Waals surface area contributed by atoms with Gasteiger partial charge in [0.2, 0.25) is 0 Å². The highest BCUT2D eigenvalue weighted by Gasteiger charge is 2.27. The van der Waals surface area contributed by atoms with Gasteiger partial charge in [0.1, 0.15) is 17.3 Å². The fraction of sp³-hybridized carbons (Fsp3) is 0.400. The highest BCUT2D eigenvalue weighted by atomic mass is 16.5. The predicted molar refractivity (Wildman–Crippen MR) is 130 cm³/mol. The molecule has 0 aliphatic heterocycles. The number of nitrogens with one attached hydrogen (secondary N) is 1. The Morgan fingerprint density at radius 1 is 1.12 bits per heavy atom. The van der Waals surface area contributed by atoms with Crippen LogP contribution in [-0.2, 0) is 6.54 Å². The zero-order valence-electron chi connectivity index (χ0n) is 20.1. The number of benzene rings is 2. The second-order valence-corrected chi connectivity index (χ2v) is 8.26. The molecular formula is C25H32N4O4. The zero-order valence-corrected chi connectivity index (χ0v) is 20.1. The first-order valence-corrected chi connectivity index (χ1v) is 11.1. The molecular weight excluding hydrogens is 420 g/mol. The largest absolute Gasteiger partial charge is 0.497 e. The van der Waals surface area contributed by atoms with E-state index in [0.717, 1.165) is 0 Å². The standard InChI is InChI=1S/C25H32N4O4/c1-7-28-23(26-20-11-9-8-10-19(20)24(28)30)17(4)29(15-16(2)3)25(31)27-21-13-12-18(32-5)14-22(21)33-6/h8-14,16-17H,7,15H2,1-6H3,(H,27,31). The highest BCUT2D eigenvalue weighted by Crippen LogP contribution is 2.30. The van der Waals surface area contributed by atoms with E-state index in [9.17, 15) is 9.59 Å². The van der Waals surface area contributed by atoms with Crippen LogP contribution >= 0.6 is 0 Å². The summed E-state index contributed by atoms with van der Waals surface area (Å²) in [5.74, 6) is 1.88. The number of urea groups is 1. The average molecular weight is 453 g/mol. The fourth-order valence-electron chi connectivity index (χ4n) is 3.85. The third-order valence-electron chi connectivity index (χ3n) is 5.52. The summed E-state index contributed by atoms with van der Waals surface area (Å²) >= 11 is 0. The Hall–Kier alpha value is -3.55. The number of hydrogen-bond donors (Lipinski definition) is 1. The summed E-state index contributed by atoms with van der Waals surface area (Å²) in [5.41, 5.74) is 1.05. The van der Waals surface area contributed by atoms with E-state index in [1.54, 1.807) is 40.8 Å². The van der Waals surface area contributed by atoms with Gasteiger partial charge >= 0.3 is 6.03 Å². The van der Waals surface area contributed by atoms with Crippen LogP contribution in [0.2, 0.25) is 0 Å². The topological polar surface area (TPSA) is 85.7 Å². The first-order valence-electron chi connectivity index (χ1n) is 11.1. The Morgan fingerprint density at radius 2 is 1.85 bits per heavy atom. The summed E-state index contributed by atoms with van der Waals surface area (Å²) in [6.07, 6.45) is 0. The lowest BCUT2D eigenvalue weighted by Crippen LogP contribution is -2.42. The van der Waals surface area contributed by atoms with Gasteiger partial charge in [0, 0.05) is 19.2 Å².